The van der Waals surface area contributed by atoms with Gasteiger partial charge in [-0.3, -0.25) is 14.5 Å². The Hall–Kier alpha value is -1.14. The highest BCUT2D eigenvalue weighted by atomic mass is 16.4. The van der Waals surface area contributed by atoms with Crippen LogP contribution in [0.2, 0.25) is 0 Å². The van der Waals surface area contributed by atoms with Crippen LogP contribution in [-0.2, 0) is 9.59 Å². The van der Waals surface area contributed by atoms with Gasteiger partial charge in [0.25, 0.3) is 0 Å². The average Bonchev–Trinajstić information content (AvgIpc) is 2.31. The average molecular weight is 273 g/mol. The van der Waals surface area contributed by atoms with E-state index in [1.165, 1.54) is 0 Å². The summed E-state index contributed by atoms with van der Waals surface area (Å²) in [5.74, 6) is -0.474. The predicted octanol–water partition coefficient (Wildman–Crippen LogP) is 0.273. The summed E-state index contributed by atoms with van der Waals surface area (Å²) in [5, 5.41) is 11.2. The van der Waals surface area contributed by atoms with Gasteiger partial charge in [0, 0.05) is 19.0 Å². The summed E-state index contributed by atoms with van der Waals surface area (Å²) in [6.45, 7) is 5.67. The van der Waals surface area contributed by atoms with Crippen LogP contribution in [0.4, 0.5) is 0 Å². The maximum Gasteiger partial charge on any atom is 0.303 e. The molecule has 0 aliphatic carbocycles. The SMILES string of the molecule is CC(C)C(N)CCN(C)CC(=O)NCCCC(=O)O. The van der Waals surface area contributed by atoms with Crippen molar-refractivity contribution in [3.8, 4) is 0 Å². The number of carboxylic acids is 1. The van der Waals surface area contributed by atoms with Gasteiger partial charge in [-0.15, -0.1) is 0 Å². The molecule has 4 N–H and O–H groups in total. The molecule has 0 fully saturated rings. The number of carbonyl (C=O) groups excluding carboxylic acids is 1. The molecule has 0 spiro atoms. The van der Waals surface area contributed by atoms with Crippen molar-refractivity contribution < 1.29 is 14.7 Å². The van der Waals surface area contributed by atoms with Crippen LogP contribution >= 0.6 is 0 Å². The lowest BCUT2D eigenvalue weighted by molar-refractivity contribution is -0.137. The number of aliphatic carboxylic acids is 1. The van der Waals surface area contributed by atoms with Crippen LogP contribution in [0.15, 0.2) is 0 Å². The number of nitrogens with two attached hydrogens (primary N) is 1. The summed E-state index contributed by atoms with van der Waals surface area (Å²) < 4.78 is 0. The molecule has 0 aliphatic heterocycles. The molecule has 0 heterocycles. The second-order valence-electron chi connectivity index (χ2n) is 5.28. The predicted molar refractivity (Wildman–Crippen MR) is 74.8 cm³/mol. The molecule has 19 heavy (non-hydrogen) atoms. The molecule has 1 amide bonds. The zero-order chi connectivity index (χ0) is 14.8. The van der Waals surface area contributed by atoms with Crippen molar-refractivity contribution in [2.75, 3.05) is 26.7 Å². The van der Waals surface area contributed by atoms with E-state index in [1.54, 1.807) is 0 Å². The minimum Gasteiger partial charge on any atom is -0.481 e. The number of likely N-dealkylation sites (N-methyl/N-ethyl adjacent to an activating group) is 1. The zero-order valence-corrected chi connectivity index (χ0v) is 12.2. The van der Waals surface area contributed by atoms with Gasteiger partial charge in [-0.1, -0.05) is 13.8 Å². The summed E-state index contributed by atoms with van der Waals surface area (Å²) in [6.07, 6.45) is 1.41. The first-order chi connectivity index (χ1) is 8.82. The Morgan fingerprint density at radius 3 is 2.53 bits per heavy atom. The van der Waals surface area contributed by atoms with Gasteiger partial charge in [-0.25, -0.2) is 0 Å². The largest absolute Gasteiger partial charge is 0.481 e. The summed E-state index contributed by atoms with van der Waals surface area (Å²) in [6, 6.07) is 0.154. The molecule has 0 rings (SSSR count). The van der Waals surface area contributed by atoms with E-state index < -0.39 is 5.97 Å². The Morgan fingerprint density at radius 1 is 1.37 bits per heavy atom. The van der Waals surface area contributed by atoms with Gasteiger partial charge >= 0.3 is 5.97 Å². The Morgan fingerprint density at radius 2 is 2.00 bits per heavy atom. The van der Waals surface area contributed by atoms with Crippen LogP contribution in [0.1, 0.15) is 33.1 Å². The smallest absolute Gasteiger partial charge is 0.303 e. The molecule has 0 saturated heterocycles. The van der Waals surface area contributed by atoms with E-state index in [1.807, 2.05) is 11.9 Å². The maximum atomic E-state index is 11.5. The number of amides is 1. The van der Waals surface area contributed by atoms with E-state index in [0.717, 1.165) is 13.0 Å². The fourth-order valence-corrected chi connectivity index (χ4v) is 1.55. The molecule has 0 saturated carbocycles. The van der Waals surface area contributed by atoms with Gasteiger partial charge in [0.05, 0.1) is 6.54 Å². The van der Waals surface area contributed by atoms with Crippen molar-refractivity contribution in [1.82, 2.24) is 10.2 Å². The summed E-state index contributed by atoms with van der Waals surface area (Å²) in [4.78, 5) is 23.8. The van der Waals surface area contributed by atoms with Gasteiger partial charge in [0.2, 0.25) is 5.91 Å². The third-order valence-electron chi connectivity index (χ3n) is 3.00. The number of nitrogens with one attached hydrogen (secondary N) is 1. The molecule has 0 aromatic rings. The second-order valence-corrected chi connectivity index (χ2v) is 5.28. The van der Waals surface area contributed by atoms with E-state index in [-0.39, 0.29) is 18.4 Å². The normalized spacial score (nSPS) is 12.7. The maximum absolute atomic E-state index is 11.5. The van der Waals surface area contributed by atoms with Gasteiger partial charge in [0.1, 0.15) is 0 Å². The fourth-order valence-electron chi connectivity index (χ4n) is 1.55. The molecule has 0 aromatic heterocycles. The van der Waals surface area contributed by atoms with Gasteiger partial charge < -0.3 is 16.2 Å². The van der Waals surface area contributed by atoms with Crippen molar-refractivity contribution >= 4 is 11.9 Å². The van der Waals surface area contributed by atoms with Crippen LogP contribution in [-0.4, -0.2) is 54.6 Å². The third kappa shape index (κ3) is 10.5. The molecule has 1 unspecified atom stereocenters. The van der Waals surface area contributed by atoms with Crippen molar-refractivity contribution in [1.29, 1.82) is 0 Å². The summed E-state index contributed by atoms with van der Waals surface area (Å²) >= 11 is 0. The first-order valence-corrected chi connectivity index (χ1v) is 6.75. The molecule has 1 atom stereocenters. The standard InChI is InChI=1S/C13H27N3O3/c1-10(2)11(14)6-8-16(3)9-12(17)15-7-4-5-13(18)19/h10-11H,4-9,14H2,1-3H3,(H,15,17)(H,18,19). The Kier molecular flexibility index (Phi) is 9.16. The minimum absolute atomic E-state index is 0.0778. The molecule has 0 radical (unpaired) electrons. The van der Waals surface area contributed by atoms with Gasteiger partial charge in [-0.2, -0.15) is 0 Å². The number of hydrogen-bond donors (Lipinski definition) is 3. The van der Waals surface area contributed by atoms with Crippen molar-refractivity contribution in [3.05, 3.63) is 0 Å². The molecule has 6 heteroatoms. The van der Waals surface area contributed by atoms with Crippen molar-refractivity contribution in [2.24, 2.45) is 11.7 Å². The molecule has 6 nitrogen and oxygen atoms in total. The number of hydrogen-bond acceptors (Lipinski definition) is 4. The lowest BCUT2D eigenvalue weighted by atomic mass is 10.0. The van der Waals surface area contributed by atoms with Crippen LogP contribution < -0.4 is 11.1 Å². The number of nitrogens with zero attached hydrogens (tertiary/aromatic N) is 1. The lowest BCUT2D eigenvalue weighted by Gasteiger charge is -2.20. The topological polar surface area (TPSA) is 95.7 Å². The zero-order valence-electron chi connectivity index (χ0n) is 12.2. The van der Waals surface area contributed by atoms with E-state index in [0.29, 0.717) is 25.4 Å². The highest BCUT2D eigenvalue weighted by Gasteiger charge is 2.11. The third-order valence-corrected chi connectivity index (χ3v) is 3.00. The number of rotatable bonds is 10. The fraction of sp³-hybridized carbons (Fsp3) is 0.846. The molecule has 0 aliphatic rings. The molecular weight excluding hydrogens is 246 g/mol. The van der Waals surface area contributed by atoms with Crippen LogP contribution in [0, 0.1) is 5.92 Å². The summed E-state index contributed by atoms with van der Waals surface area (Å²) in [5.41, 5.74) is 5.94. The van der Waals surface area contributed by atoms with E-state index in [4.69, 9.17) is 10.8 Å². The van der Waals surface area contributed by atoms with Crippen LogP contribution in [0.3, 0.4) is 0 Å². The molecule has 0 bridgehead atoms. The number of carbonyl (C=O) groups is 2. The molecule has 112 valence electrons. The first kappa shape index (κ1) is 17.9. The Labute approximate surface area is 115 Å². The van der Waals surface area contributed by atoms with E-state index in [2.05, 4.69) is 19.2 Å². The Bertz CT molecular complexity index is 282. The molecular formula is C13H27N3O3. The lowest BCUT2D eigenvalue weighted by Crippen LogP contribution is -2.38. The highest BCUT2D eigenvalue weighted by Crippen LogP contribution is 2.03. The van der Waals surface area contributed by atoms with E-state index in [9.17, 15) is 9.59 Å². The molecule has 0 aromatic carbocycles. The van der Waals surface area contributed by atoms with Crippen molar-refractivity contribution in [3.63, 3.8) is 0 Å². The highest BCUT2D eigenvalue weighted by molar-refractivity contribution is 5.78. The van der Waals surface area contributed by atoms with Crippen molar-refractivity contribution in [2.45, 2.75) is 39.2 Å². The minimum atomic E-state index is -0.839. The Balaban J connectivity index is 3.66. The van der Waals surface area contributed by atoms with Crippen LogP contribution in [0.5, 0.6) is 0 Å². The van der Waals surface area contributed by atoms with Gasteiger partial charge in [0.15, 0.2) is 0 Å². The summed E-state index contributed by atoms with van der Waals surface area (Å²) in [7, 11) is 1.88. The quantitative estimate of drug-likeness (QED) is 0.497. The van der Waals surface area contributed by atoms with Gasteiger partial charge in [-0.05, 0) is 32.4 Å². The second kappa shape index (κ2) is 9.75. The number of carboxylic acid groups (broad SMARTS) is 1. The first-order valence-electron chi connectivity index (χ1n) is 6.75. The van der Waals surface area contributed by atoms with Crippen LogP contribution in [0.25, 0.3) is 0 Å². The monoisotopic (exact) mass is 273 g/mol. The van der Waals surface area contributed by atoms with E-state index >= 15 is 0 Å².